The third kappa shape index (κ3) is 3.82. The summed E-state index contributed by atoms with van der Waals surface area (Å²) in [5, 5.41) is 2.91. The first kappa shape index (κ1) is 17.0. The zero-order valence-corrected chi connectivity index (χ0v) is 14.9. The van der Waals surface area contributed by atoms with Gasteiger partial charge in [0.25, 0.3) is 0 Å². The minimum atomic E-state index is -0.0441. The zero-order valence-electron chi connectivity index (χ0n) is 14.9. The van der Waals surface area contributed by atoms with Gasteiger partial charge in [0.05, 0.1) is 30.6 Å². The van der Waals surface area contributed by atoms with E-state index in [4.69, 9.17) is 4.74 Å². The molecule has 1 N–H and O–H groups in total. The van der Waals surface area contributed by atoms with Crippen LogP contribution in [0.3, 0.4) is 0 Å². The molecule has 1 aromatic heterocycles. The predicted octanol–water partition coefficient (Wildman–Crippen LogP) is 3.28. The number of para-hydroxylation sites is 2. The van der Waals surface area contributed by atoms with Crippen LogP contribution in [0.25, 0.3) is 11.0 Å². The zero-order chi connectivity index (χ0) is 17.8. The Hall–Kier alpha value is -2.82. The van der Waals surface area contributed by atoms with E-state index >= 15 is 0 Å². The van der Waals surface area contributed by atoms with Crippen molar-refractivity contribution < 1.29 is 9.53 Å². The number of imidazole rings is 1. The van der Waals surface area contributed by atoms with E-state index in [0.29, 0.717) is 19.6 Å². The van der Waals surface area contributed by atoms with E-state index in [0.717, 1.165) is 28.2 Å². The molecular weight excluding hydrogens is 314 g/mol. The number of nitrogens with zero attached hydrogens (tertiary/aromatic N) is 2. The maximum Gasteiger partial charge on any atom is 0.223 e. The van der Waals surface area contributed by atoms with Crippen molar-refractivity contribution in [1.82, 2.24) is 14.9 Å². The number of hydrogen-bond acceptors (Lipinski definition) is 3. The van der Waals surface area contributed by atoms with Crippen molar-refractivity contribution in [3.8, 4) is 5.75 Å². The highest BCUT2D eigenvalue weighted by molar-refractivity contribution is 5.77. The summed E-state index contributed by atoms with van der Waals surface area (Å²) < 4.78 is 7.73. The lowest BCUT2D eigenvalue weighted by atomic mass is 10.1. The van der Waals surface area contributed by atoms with Crippen LogP contribution >= 0.6 is 0 Å². The first-order chi connectivity index (χ1) is 12.1. The van der Waals surface area contributed by atoms with Crippen LogP contribution in [-0.2, 0) is 18.4 Å². The standard InChI is InChI=1S/C20H23N3O2/c1-14-7-6-10-18(15(14)2)25-12-11-20(24)21-13-19-22-16-8-4-5-9-17(16)23(19)3/h4-10H,11-13H2,1-3H3,(H,21,24). The monoisotopic (exact) mass is 337 g/mol. The van der Waals surface area contributed by atoms with Gasteiger partial charge in [-0.15, -0.1) is 0 Å². The van der Waals surface area contributed by atoms with Gasteiger partial charge in [0.2, 0.25) is 5.91 Å². The smallest absolute Gasteiger partial charge is 0.223 e. The fourth-order valence-electron chi connectivity index (χ4n) is 2.75. The van der Waals surface area contributed by atoms with Crippen LogP contribution < -0.4 is 10.1 Å². The van der Waals surface area contributed by atoms with Crippen molar-refractivity contribution in [2.24, 2.45) is 7.05 Å². The lowest BCUT2D eigenvalue weighted by molar-refractivity contribution is -0.121. The van der Waals surface area contributed by atoms with Gasteiger partial charge in [-0.1, -0.05) is 24.3 Å². The molecule has 2 aromatic carbocycles. The molecule has 0 aliphatic heterocycles. The molecule has 130 valence electrons. The first-order valence-electron chi connectivity index (χ1n) is 8.42. The van der Waals surface area contributed by atoms with E-state index in [1.54, 1.807) is 0 Å². The van der Waals surface area contributed by atoms with E-state index in [2.05, 4.69) is 10.3 Å². The predicted molar refractivity (Wildman–Crippen MR) is 98.6 cm³/mol. The second-order valence-electron chi connectivity index (χ2n) is 6.15. The summed E-state index contributed by atoms with van der Waals surface area (Å²) in [6, 6.07) is 13.9. The van der Waals surface area contributed by atoms with E-state index in [1.807, 2.05) is 67.9 Å². The SMILES string of the molecule is Cc1cccc(OCCC(=O)NCc2nc3ccccc3n2C)c1C. The van der Waals surface area contributed by atoms with Crippen molar-refractivity contribution in [2.75, 3.05) is 6.61 Å². The summed E-state index contributed by atoms with van der Waals surface area (Å²) in [4.78, 5) is 16.6. The Balaban J connectivity index is 1.51. The molecule has 0 aliphatic rings. The number of carbonyl (C=O) groups excluding carboxylic acids is 1. The number of rotatable bonds is 6. The van der Waals surface area contributed by atoms with E-state index < -0.39 is 0 Å². The fourth-order valence-corrected chi connectivity index (χ4v) is 2.75. The van der Waals surface area contributed by atoms with Crippen molar-refractivity contribution in [2.45, 2.75) is 26.8 Å². The van der Waals surface area contributed by atoms with E-state index in [1.165, 1.54) is 5.56 Å². The number of aryl methyl sites for hydroxylation is 2. The van der Waals surface area contributed by atoms with Gasteiger partial charge in [-0.3, -0.25) is 4.79 Å². The van der Waals surface area contributed by atoms with Crippen LogP contribution in [0.15, 0.2) is 42.5 Å². The molecule has 0 bridgehead atoms. The molecule has 0 fully saturated rings. The van der Waals surface area contributed by atoms with Gasteiger partial charge < -0.3 is 14.6 Å². The van der Waals surface area contributed by atoms with Crippen molar-refractivity contribution in [3.05, 3.63) is 59.4 Å². The molecule has 1 amide bonds. The molecule has 0 aliphatic carbocycles. The number of fused-ring (bicyclic) bond motifs is 1. The molecule has 5 heteroatoms. The highest BCUT2D eigenvalue weighted by atomic mass is 16.5. The Kier molecular flexibility index (Phi) is 5.03. The lowest BCUT2D eigenvalue weighted by Gasteiger charge is -2.11. The van der Waals surface area contributed by atoms with Crippen LogP contribution in [0.5, 0.6) is 5.75 Å². The summed E-state index contributed by atoms with van der Waals surface area (Å²) in [5.41, 5.74) is 4.30. The number of carbonyl (C=O) groups is 1. The minimum absolute atomic E-state index is 0.0441. The maximum absolute atomic E-state index is 12.1. The molecule has 0 saturated carbocycles. The molecule has 1 heterocycles. The Labute approximate surface area is 147 Å². The van der Waals surface area contributed by atoms with Crippen molar-refractivity contribution >= 4 is 16.9 Å². The molecular formula is C20H23N3O2. The summed E-state index contributed by atoms with van der Waals surface area (Å²) in [6.07, 6.45) is 0.317. The van der Waals surface area contributed by atoms with Gasteiger partial charge in [0.15, 0.2) is 0 Å². The molecule has 0 unspecified atom stereocenters. The molecule has 0 radical (unpaired) electrons. The Morgan fingerprint density at radius 3 is 2.76 bits per heavy atom. The first-order valence-corrected chi connectivity index (χ1v) is 8.42. The second-order valence-corrected chi connectivity index (χ2v) is 6.15. The van der Waals surface area contributed by atoms with Gasteiger partial charge in [-0.2, -0.15) is 0 Å². The summed E-state index contributed by atoms with van der Waals surface area (Å²) in [5.74, 6) is 1.63. The van der Waals surface area contributed by atoms with Crippen LogP contribution in [0.2, 0.25) is 0 Å². The largest absolute Gasteiger partial charge is 0.493 e. The van der Waals surface area contributed by atoms with Gasteiger partial charge in [-0.05, 0) is 43.2 Å². The summed E-state index contributed by atoms with van der Waals surface area (Å²) in [6.45, 7) is 4.84. The van der Waals surface area contributed by atoms with Crippen LogP contribution in [0.1, 0.15) is 23.4 Å². The average molecular weight is 337 g/mol. The van der Waals surface area contributed by atoms with Gasteiger partial charge in [-0.25, -0.2) is 4.98 Å². The minimum Gasteiger partial charge on any atom is -0.493 e. The molecule has 5 nitrogen and oxygen atoms in total. The topological polar surface area (TPSA) is 56.1 Å². The van der Waals surface area contributed by atoms with Crippen molar-refractivity contribution in [3.63, 3.8) is 0 Å². The quantitative estimate of drug-likeness (QED) is 0.751. The molecule has 3 aromatic rings. The highest BCUT2D eigenvalue weighted by Crippen LogP contribution is 2.20. The third-order valence-electron chi connectivity index (χ3n) is 4.47. The van der Waals surface area contributed by atoms with Crippen LogP contribution in [0, 0.1) is 13.8 Å². The number of nitrogens with one attached hydrogen (secondary N) is 1. The fraction of sp³-hybridized carbons (Fsp3) is 0.300. The van der Waals surface area contributed by atoms with Crippen molar-refractivity contribution in [1.29, 1.82) is 0 Å². The van der Waals surface area contributed by atoms with E-state index in [-0.39, 0.29) is 5.91 Å². The van der Waals surface area contributed by atoms with Crippen LogP contribution in [0.4, 0.5) is 0 Å². The summed E-state index contributed by atoms with van der Waals surface area (Å²) in [7, 11) is 1.96. The Morgan fingerprint density at radius 2 is 1.96 bits per heavy atom. The number of benzene rings is 2. The Morgan fingerprint density at radius 1 is 1.16 bits per heavy atom. The van der Waals surface area contributed by atoms with Gasteiger partial charge in [0.1, 0.15) is 11.6 Å². The van der Waals surface area contributed by atoms with Gasteiger partial charge >= 0.3 is 0 Å². The molecule has 25 heavy (non-hydrogen) atoms. The third-order valence-corrected chi connectivity index (χ3v) is 4.47. The summed E-state index contributed by atoms with van der Waals surface area (Å²) >= 11 is 0. The lowest BCUT2D eigenvalue weighted by Crippen LogP contribution is -2.25. The maximum atomic E-state index is 12.1. The highest BCUT2D eigenvalue weighted by Gasteiger charge is 2.09. The van der Waals surface area contributed by atoms with Gasteiger partial charge in [0, 0.05) is 7.05 Å². The normalized spacial score (nSPS) is 10.8. The molecule has 0 spiro atoms. The number of amides is 1. The Bertz CT molecular complexity index is 899. The molecule has 0 saturated heterocycles. The number of hydrogen-bond donors (Lipinski definition) is 1. The van der Waals surface area contributed by atoms with Crippen LogP contribution in [-0.4, -0.2) is 22.1 Å². The number of ether oxygens (including phenoxy) is 1. The molecule has 3 rings (SSSR count). The number of aromatic nitrogens is 2. The molecule has 0 atom stereocenters. The van der Waals surface area contributed by atoms with E-state index in [9.17, 15) is 4.79 Å². The average Bonchev–Trinajstić information content (AvgIpc) is 2.93. The second kappa shape index (κ2) is 7.38.